The van der Waals surface area contributed by atoms with Crippen molar-refractivity contribution in [1.29, 1.82) is 0 Å². The van der Waals surface area contributed by atoms with Gasteiger partial charge in [0.1, 0.15) is 5.82 Å². The number of carbonyl (C=O) groups is 1. The van der Waals surface area contributed by atoms with Crippen LogP contribution in [0.25, 0.3) is 11.4 Å². The van der Waals surface area contributed by atoms with E-state index in [4.69, 9.17) is 0 Å². The molecule has 0 spiro atoms. The minimum absolute atomic E-state index is 0.0309. The van der Waals surface area contributed by atoms with Gasteiger partial charge in [0.05, 0.1) is 29.6 Å². The van der Waals surface area contributed by atoms with Crippen LogP contribution in [0.1, 0.15) is 22.5 Å². The van der Waals surface area contributed by atoms with E-state index in [1.807, 2.05) is 6.08 Å². The zero-order chi connectivity index (χ0) is 24.0. The van der Waals surface area contributed by atoms with Crippen molar-refractivity contribution in [3.63, 3.8) is 0 Å². The Labute approximate surface area is 191 Å². The highest BCUT2D eigenvalue weighted by Gasteiger charge is 2.44. The third-order valence-electron chi connectivity index (χ3n) is 6.04. The van der Waals surface area contributed by atoms with Crippen molar-refractivity contribution in [1.82, 2.24) is 24.8 Å². The summed E-state index contributed by atoms with van der Waals surface area (Å²) in [4.78, 5) is 32.4. The SMILES string of the molecule is CN(C1=CC2CC1N(C(=O)c1cccc(F)c1-c1ncccn1)C2)c1cnc(C(F)(F)F)cn1. The van der Waals surface area contributed by atoms with Crippen molar-refractivity contribution < 1.29 is 22.4 Å². The van der Waals surface area contributed by atoms with E-state index in [0.29, 0.717) is 19.2 Å². The fraction of sp³-hybridized carbons (Fsp3) is 0.261. The number of alkyl halides is 3. The van der Waals surface area contributed by atoms with Gasteiger partial charge in [-0.15, -0.1) is 0 Å². The number of aromatic nitrogens is 4. The topological polar surface area (TPSA) is 75.1 Å². The second-order valence-corrected chi connectivity index (χ2v) is 8.11. The molecule has 2 aliphatic rings. The molecule has 3 heterocycles. The standard InChI is InChI=1S/C23H18F4N6O/c1-32(19-11-30-18(10-31-19)23(25,26)27)16-8-13-9-17(16)33(12-13)22(34)14-4-2-5-15(24)20(14)21-28-6-3-7-29-21/h2-8,10-11,13,17H,9,12H2,1H3. The Morgan fingerprint density at radius 2 is 1.85 bits per heavy atom. The Morgan fingerprint density at radius 1 is 1.09 bits per heavy atom. The molecule has 11 heteroatoms. The van der Waals surface area contributed by atoms with Crippen molar-refractivity contribution >= 4 is 11.7 Å². The van der Waals surface area contributed by atoms with Crippen molar-refractivity contribution in [2.45, 2.75) is 18.6 Å². The Bertz CT molecular complexity index is 1260. The lowest BCUT2D eigenvalue weighted by molar-refractivity contribution is -0.141. The number of likely N-dealkylation sites (N-methyl/N-ethyl adjacent to an activating group) is 1. The molecular weight excluding hydrogens is 452 g/mol. The van der Waals surface area contributed by atoms with Crippen LogP contribution in [0.2, 0.25) is 0 Å². The third-order valence-corrected chi connectivity index (χ3v) is 6.04. The molecule has 0 radical (unpaired) electrons. The van der Waals surface area contributed by atoms with Crippen molar-refractivity contribution in [2.24, 2.45) is 5.92 Å². The number of anilines is 1. The van der Waals surface area contributed by atoms with Gasteiger partial charge in [0.2, 0.25) is 0 Å². The summed E-state index contributed by atoms with van der Waals surface area (Å²) in [6.07, 6.45) is 2.75. The average Bonchev–Trinajstić information content (AvgIpc) is 3.44. The smallest absolute Gasteiger partial charge is 0.330 e. The van der Waals surface area contributed by atoms with Crippen LogP contribution in [0.5, 0.6) is 0 Å². The molecule has 1 aliphatic heterocycles. The fourth-order valence-electron chi connectivity index (χ4n) is 4.47. The van der Waals surface area contributed by atoms with E-state index in [-0.39, 0.29) is 40.6 Å². The van der Waals surface area contributed by atoms with Gasteiger partial charge in [-0.25, -0.2) is 24.3 Å². The molecule has 1 saturated heterocycles. The summed E-state index contributed by atoms with van der Waals surface area (Å²) < 4.78 is 53.2. The molecule has 3 aromatic rings. The molecule has 5 rings (SSSR count). The van der Waals surface area contributed by atoms with E-state index in [1.165, 1.54) is 30.6 Å². The van der Waals surface area contributed by atoms with Crippen LogP contribution >= 0.6 is 0 Å². The summed E-state index contributed by atoms with van der Waals surface area (Å²) >= 11 is 0. The zero-order valence-corrected chi connectivity index (χ0v) is 17.9. The third kappa shape index (κ3) is 3.76. The molecule has 174 valence electrons. The van der Waals surface area contributed by atoms with Crippen LogP contribution in [-0.4, -0.2) is 50.4 Å². The summed E-state index contributed by atoms with van der Waals surface area (Å²) in [5, 5.41) is 0. The number of rotatable bonds is 4. The molecule has 0 N–H and O–H groups in total. The number of halogens is 4. The van der Waals surface area contributed by atoms with Gasteiger partial charge in [0.25, 0.3) is 5.91 Å². The van der Waals surface area contributed by atoms with Gasteiger partial charge < -0.3 is 9.80 Å². The highest BCUT2D eigenvalue weighted by Crippen LogP contribution is 2.40. The number of benzene rings is 1. The van der Waals surface area contributed by atoms with Crippen LogP contribution in [0.3, 0.4) is 0 Å². The van der Waals surface area contributed by atoms with E-state index in [9.17, 15) is 22.4 Å². The first-order chi connectivity index (χ1) is 16.2. The summed E-state index contributed by atoms with van der Waals surface area (Å²) in [5.74, 6) is -0.565. The fourth-order valence-corrected chi connectivity index (χ4v) is 4.47. The Kier molecular flexibility index (Phi) is 5.26. The van der Waals surface area contributed by atoms with E-state index < -0.39 is 17.7 Å². The maximum Gasteiger partial charge on any atom is 0.434 e. The van der Waals surface area contributed by atoms with Gasteiger partial charge in [-0.1, -0.05) is 12.1 Å². The van der Waals surface area contributed by atoms with E-state index in [1.54, 1.807) is 22.9 Å². The zero-order valence-electron chi connectivity index (χ0n) is 17.9. The number of carbonyl (C=O) groups excluding carboxylic acids is 1. The number of hydrogen-bond donors (Lipinski definition) is 0. The van der Waals surface area contributed by atoms with Crippen LogP contribution in [0.15, 0.2) is 60.8 Å². The summed E-state index contributed by atoms with van der Waals surface area (Å²) in [7, 11) is 1.66. The predicted molar refractivity (Wildman–Crippen MR) is 114 cm³/mol. The highest BCUT2D eigenvalue weighted by molar-refractivity contribution is 6.01. The normalized spacial score (nSPS) is 19.3. The first-order valence-corrected chi connectivity index (χ1v) is 10.5. The monoisotopic (exact) mass is 470 g/mol. The summed E-state index contributed by atoms with van der Waals surface area (Å²) in [6.45, 7) is 0.450. The van der Waals surface area contributed by atoms with Crippen LogP contribution in [0.4, 0.5) is 23.4 Å². The lowest BCUT2D eigenvalue weighted by Crippen LogP contribution is -2.42. The van der Waals surface area contributed by atoms with Gasteiger partial charge in [-0.3, -0.25) is 4.79 Å². The number of nitrogens with zero attached hydrogens (tertiary/aromatic N) is 6. The molecule has 2 aromatic heterocycles. The van der Waals surface area contributed by atoms with Crippen molar-refractivity contribution in [2.75, 3.05) is 18.5 Å². The van der Waals surface area contributed by atoms with Gasteiger partial charge in [0, 0.05) is 31.7 Å². The van der Waals surface area contributed by atoms with Crippen molar-refractivity contribution in [3.8, 4) is 11.4 Å². The van der Waals surface area contributed by atoms with Gasteiger partial charge in [0.15, 0.2) is 17.3 Å². The lowest BCUT2D eigenvalue weighted by Gasteiger charge is -2.33. The molecule has 34 heavy (non-hydrogen) atoms. The van der Waals surface area contributed by atoms with E-state index in [2.05, 4.69) is 19.9 Å². The molecule has 1 amide bonds. The number of fused-ring (bicyclic) bond motifs is 2. The second kappa shape index (κ2) is 8.15. The largest absolute Gasteiger partial charge is 0.434 e. The van der Waals surface area contributed by atoms with Gasteiger partial charge >= 0.3 is 6.18 Å². The molecule has 1 aromatic carbocycles. The minimum Gasteiger partial charge on any atom is -0.330 e. The Hall–Kier alpha value is -3.89. The van der Waals surface area contributed by atoms with Crippen LogP contribution in [0, 0.1) is 11.7 Å². The maximum atomic E-state index is 14.7. The second-order valence-electron chi connectivity index (χ2n) is 8.11. The molecule has 1 fully saturated rings. The maximum absolute atomic E-state index is 14.7. The van der Waals surface area contributed by atoms with E-state index in [0.717, 1.165) is 11.9 Å². The number of hydrogen-bond acceptors (Lipinski definition) is 6. The van der Waals surface area contributed by atoms with Gasteiger partial charge in [-0.2, -0.15) is 13.2 Å². The van der Waals surface area contributed by atoms with Crippen LogP contribution in [-0.2, 0) is 6.18 Å². The first kappa shape index (κ1) is 21.9. The van der Waals surface area contributed by atoms with E-state index >= 15 is 0 Å². The molecule has 1 aliphatic carbocycles. The Morgan fingerprint density at radius 3 is 2.50 bits per heavy atom. The number of amides is 1. The molecular formula is C23H18F4N6O. The van der Waals surface area contributed by atoms with Gasteiger partial charge in [-0.05, 0) is 30.5 Å². The highest BCUT2D eigenvalue weighted by atomic mass is 19.4. The molecule has 2 unspecified atom stereocenters. The molecule has 0 saturated carbocycles. The average molecular weight is 470 g/mol. The van der Waals surface area contributed by atoms with Crippen molar-refractivity contribution in [3.05, 3.63) is 77.9 Å². The Balaban J connectivity index is 1.43. The predicted octanol–water partition coefficient (Wildman–Crippen LogP) is 3.96. The molecule has 2 atom stereocenters. The number of likely N-dealkylation sites (tertiary alicyclic amines) is 1. The quantitative estimate of drug-likeness (QED) is 0.538. The molecule has 7 nitrogen and oxygen atoms in total. The minimum atomic E-state index is -4.58. The lowest BCUT2D eigenvalue weighted by atomic mass is 10.0. The van der Waals surface area contributed by atoms with Crippen LogP contribution < -0.4 is 4.90 Å². The summed E-state index contributed by atoms with van der Waals surface area (Å²) in [6, 6.07) is 5.52. The molecule has 2 bridgehead atoms. The summed E-state index contributed by atoms with van der Waals surface area (Å²) in [5.41, 5.74) is -0.170. The first-order valence-electron chi connectivity index (χ1n) is 10.5.